The molecule has 1 saturated heterocycles. The van der Waals surface area contributed by atoms with E-state index < -0.39 is 10.0 Å². The van der Waals surface area contributed by atoms with Crippen molar-refractivity contribution in [2.24, 2.45) is 0 Å². The van der Waals surface area contributed by atoms with Gasteiger partial charge in [0.2, 0.25) is 10.0 Å². The van der Waals surface area contributed by atoms with Gasteiger partial charge in [-0.25, -0.2) is 8.42 Å². The minimum Gasteiger partial charge on any atom is -0.207 e. The van der Waals surface area contributed by atoms with Crippen molar-refractivity contribution in [1.82, 2.24) is 4.31 Å². The molecule has 1 fully saturated rings. The topological polar surface area (TPSA) is 37.4 Å². The zero-order chi connectivity index (χ0) is 11.8. The Bertz CT molecular complexity index is 502. The Morgan fingerprint density at radius 1 is 1.25 bits per heavy atom. The van der Waals surface area contributed by atoms with E-state index in [1.807, 2.05) is 19.1 Å². The second-order valence-electron chi connectivity index (χ2n) is 4.15. The van der Waals surface area contributed by atoms with Gasteiger partial charge < -0.3 is 0 Å². The highest BCUT2D eigenvalue weighted by Crippen LogP contribution is 2.22. The molecule has 0 unspecified atom stereocenters. The quantitative estimate of drug-likeness (QED) is 0.737. The molecule has 1 aliphatic heterocycles. The van der Waals surface area contributed by atoms with Crippen molar-refractivity contribution in [2.75, 3.05) is 13.1 Å². The lowest BCUT2D eigenvalue weighted by atomic mass is 10.2. The van der Waals surface area contributed by atoms with Crippen molar-refractivity contribution in [1.29, 1.82) is 0 Å². The average Bonchev–Trinajstić information content (AvgIpc) is 2.66. The maximum Gasteiger partial charge on any atom is 0.243 e. The molecule has 0 N–H and O–H groups in total. The third kappa shape index (κ3) is 2.03. The fraction of sp³-hybridized carbons (Fsp3) is 0.333. The predicted molar refractivity (Wildman–Crippen MR) is 63.7 cm³/mol. The molecule has 0 radical (unpaired) electrons. The van der Waals surface area contributed by atoms with Crippen LogP contribution in [0.15, 0.2) is 41.3 Å². The van der Waals surface area contributed by atoms with Crippen molar-refractivity contribution in [2.45, 2.75) is 18.2 Å². The molecule has 0 bridgehead atoms. The summed E-state index contributed by atoms with van der Waals surface area (Å²) in [5.41, 5.74) is 2.04. The van der Waals surface area contributed by atoms with Crippen molar-refractivity contribution >= 4 is 10.0 Å². The second kappa shape index (κ2) is 4.03. The van der Waals surface area contributed by atoms with Gasteiger partial charge in [-0.2, -0.15) is 4.31 Å². The Kier molecular flexibility index (Phi) is 2.86. The van der Waals surface area contributed by atoms with Crippen LogP contribution in [-0.4, -0.2) is 25.8 Å². The Balaban J connectivity index is 2.32. The van der Waals surface area contributed by atoms with Gasteiger partial charge in [0.1, 0.15) is 0 Å². The maximum absolute atomic E-state index is 12.2. The van der Waals surface area contributed by atoms with Gasteiger partial charge in [-0.15, -0.1) is 0 Å². The lowest BCUT2D eigenvalue weighted by Crippen LogP contribution is -2.27. The van der Waals surface area contributed by atoms with E-state index in [0.717, 1.165) is 17.6 Å². The van der Waals surface area contributed by atoms with Gasteiger partial charge in [0.15, 0.2) is 0 Å². The highest BCUT2D eigenvalue weighted by molar-refractivity contribution is 7.89. The minimum absolute atomic E-state index is 0.368. The summed E-state index contributed by atoms with van der Waals surface area (Å²) in [6.45, 7) is 6.76. The number of hydrogen-bond acceptors (Lipinski definition) is 2. The number of hydrogen-bond donors (Lipinski definition) is 0. The van der Waals surface area contributed by atoms with Crippen molar-refractivity contribution < 1.29 is 8.42 Å². The molecule has 4 heteroatoms. The zero-order valence-electron chi connectivity index (χ0n) is 9.31. The maximum atomic E-state index is 12.2. The third-order valence-corrected chi connectivity index (χ3v) is 4.63. The molecule has 1 aliphatic rings. The van der Waals surface area contributed by atoms with E-state index in [9.17, 15) is 8.42 Å². The Morgan fingerprint density at radius 3 is 2.38 bits per heavy atom. The zero-order valence-corrected chi connectivity index (χ0v) is 10.1. The first-order valence-electron chi connectivity index (χ1n) is 5.23. The monoisotopic (exact) mass is 237 g/mol. The molecule has 0 aromatic heterocycles. The molecule has 2 rings (SSSR count). The third-order valence-electron chi connectivity index (χ3n) is 2.77. The summed E-state index contributed by atoms with van der Waals surface area (Å²) in [6.07, 6.45) is 0.769. The Hall–Kier alpha value is -1.13. The first-order valence-corrected chi connectivity index (χ1v) is 6.67. The van der Waals surface area contributed by atoms with Crippen LogP contribution in [0.2, 0.25) is 0 Å². The fourth-order valence-corrected chi connectivity index (χ4v) is 3.22. The van der Waals surface area contributed by atoms with E-state index in [0.29, 0.717) is 18.0 Å². The van der Waals surface area contributed by atoms with E-state index in [4.69, 9.17) is 0 Å². The summed E-state index contributed by atoms with van der Waals surface area (Å²) in [6, 6.07) is 6.95. The summed E-state index contributed by atoms with van der Waals surface area (Å²) in [5, 5.41) is 0. The molecule has 0 atom stereocenters. The molecule has 1 aromatic carbocycles. The van der Waals surface area contributed by atoms with Gasteiger partial charge in [0.25, 0.3) is 0 Å². The van der Waals surface area contributed by atoms with E-state index in [2.05, 4.69) is 6.58 Å². The molecular formula is C12H15NO2S. The number of aryl methyl sites for hydroxylation is 1. The lowest BCUT2D eigenvalue weighted by Gasteiger charge is -2.15. The second-order valence-corrected chi connectivity index (χ2v) is 6.09. The molecule has 1 heterocycles. The average molecular weight is 237 g/mol. The van der Waals surface area contributed by atoms with Crippen LogP contribution >= 0.6 is 0 Å². The molecule has 3 nitrogen and oxygen atoms in total. The van der Waals surface area contributed by atoms with Gasteiger partial charge >= 0.3 is 0 Å². The van der Waals surface area contributed by atoms with E-state index in [-0.39, 0.29) is 0 Å². The van der Waals surface area contributed by atoms with Crippen LogP contribution in [-0.2, 0) is 10.0 Å². The Morgan fingerprint density at radius 2 is 1.88 bits per heavy atom. The molecule has 0 saturated carbocycles. The highest BCUT2D eigenvalue weighted by Gasteiger charge is 2.28. The molecular weight excluding hydrogens is 222 g/mol. The summed E-state index contributed by atoms with van der Waals surface area (Å²) in [7, 11) is -3.32. The SMILES string of the molecule is C=C1CCN(S(=O)(=O)c2ccc(C)cc2)C1. The van der Waals surface area contributed by atoms with Crippen LogP contribution < -0.4 is 0 Å². The predicted octanol–water partition coefficient (Wildman–Crippen LogP) is 1.95. The summed E-state index contributed by atoms with van der Waals surface area (Å²) < 4.78 is 25.8. The van der Waals surface area contributed by atoms with Crippen molar-refractivity contribution in [3.63, 3.8) is 0 Å². The van der Waals surface area contributed by atoms with Crippen molar-refractivity contribution in [3.05, 3.63) is 42.0 Å². The number of rotatable bonds is 2. The summed E-state index contributed by atoms with van der Waals surface area (Å²) in [5.74, 6) is 0. The van der Waals surface area contributed by atoms with E-state index >= 15 is 0 Å². The molecule has 16 heavy (non-hydrogen) atoms. The van der Waals surface area contributed by atoms with Gasteiger partial charge in [0.05, 0.1) is 4.90 Å². The lowest BCUT2D eigenvalue weighted by molar-refractivity contribution is 0.481. The fourth-order valence-electron chi connectivity index (χ4n) is 1.75. The smallest absolute Gasteiger partial charge is 0.207 e. The molecule has 1 aromatic rings. The summed E-state index contributed by atoms with van der Waals surface area (Å²) in [4.78, 5) is 0.368. The normalized spacial score (nSPS) is 17.9. The van der Waals surface area contributed by atoms with Crippen LogP contribution in [0.5, 0.6) is 0 Å². The van der Waals surface area contributed by atoms with Crippen LogP contribution in [0.4, 0.5) is 0 Å². The minimum atomic E-state index is -3.32. The van der Waals surface area contributed by atoms with Gasteiger partial charge in [-0.3, -0.25) is 0 Å². The highest BCUT2D eigenvalue weighted by atomic mass is 32.2. The number of benzene rings is 1. The standard InChI is InChI=1S/C12H15NO2S/c1-10-3-5-12(6-4-10)16(14,15)13-8-7-11(2)9-13/h3-6H,2,7-9H2,1H3. The summed E-state index contributed by atoms with van der Waals surface area (Å²) >= 11 is 0. The molecule has 0 spiro atoms. The number of sulfonamides is 1. The van der Waals surface area contributed by atoms with Gasteiger partial charge in [-0.1, -0.05) is 29.8 Å². The van der Waals surface area contributed by atoms with Crippen LogP contribution in [0.3, 0.4) is 0 Å². The van der Waals surface area contributed by atoms with Crippen molar-refractivity contribution in [3.8, 4) is 0 Å². The van der Waals surface area contributed by atoms with Gasteiger partial charge in [-0.05, 0) is 25.5 Å². The first kappa shape index (κ1) is 11.4. The van der Waals surface area contributed by atoms with E-state index in [1.54, 1.807) is 12.1 Å². The van der Waals surface area contributed by atoms with Crippen LogP contribution in [0, 0.1) is 6.92 Å². The Labute approximate surface area is 96.4 Å². The molecule has 0 amide bonds. The largest absolute Gasteiger partial charge is 0.243 e. The number of nitrogens with zero attached hydrogens (tertiary/aromatic N) is 1. The van der Waals surface area contributed by atoms with Crippen LogP contribution in [0.1, 0.15) is 12.0 Å². The van der Waals surface area contributed by atoms with E-state index in [1.165, 1.54) is 4.31 Å². The molecule has 86 valence electrons. The van der Waals surface area contributed by atoms with Gasteiger partial charge in [0, 0.05) is 13.1 Å². The van der Waals surface area contributed by atoms with Crippen LogP contribution in [0.25, 0.3) is 0 Å². The first-order chi connectivity index (χ1) is 7.50. The molecule has 0 aliphatic carbocycles.